The smallest absolute Gasteiger partial charge is 0.235 e. The lowest BCUT2D eigenvalue weighted by Gasteiger charge is -2.54. The van der Waals surface area contributed by atoms with Crippen LogP contribution < -0.4 is 4.90 Å². The SMILES string of the molecule is CCc1ccc(N2CC3(CCC3)C2=O)cc1. The number of hydrogen-bond acceptors (Lipinski definition) is 1. The van der Waals surface area contributed by atoms with E-state index in [0.29, 0.717) is 5.91 Å². The predicted molar refractivity (Wildman–Crippen MR) is 64.5 cm³/mol. The first-order valence-electron chi connectivity index (χ1n) is 6.16. The standard InChI is InChI=1S/C14H17NO/c1-2-11-4-6-12(7-5-11)15-10-14(13(15)16)8-3-9-14/h4-7H,2-3,8-10H2,1H3. The molecule has 0 aromatic heterocycles. The van der Waals surface area contributed by atoms with Crippen molar-refractivity contribution in [1.82, 2.24) is 0 Å². The zero-order chi connectivity index (χ0) is 11.2. The van der Waals surface area contributed by atoms with Crippen LogP contribution in [0.25, 0.3) is 0 Å². The highest BCUT2D eigenvalue weighted by Crippen LogP contribution is 2.50. The van der Waals surface area contributed by atoms with E-state index in [1.54, 1.807) is 0 Å². The molecule has 1 spiro atoms. The molecule has 1 amide bonds. The number of anilines is 1. The minimum atomic E-state index is 0.0590. The number of carbonyl (C=O) groups excluding carboxylic acids is 1. The van der Waals surface area contributed by atoms with Gasteiger partial charge in [0.15, 0.2) is 0 Å². The topological polar surface area (TPSA) is 20.3 Å². The Labute approximate surface area is 96.3 Å². The quantitative estimate of drug-likeness (QED) is 0.695. The largest absolute Gasteiger partial charge is 0.311 e. The summed E-state index contributed by atoms with van der Waals surface area (Å²) in [4.78, 5) is 14.0. The third kappa shape index (κ3) is 1.22. The zero-order valence-electron chi connectivity index (χ0n) is 9.70. The van der Waals surface area contributed by atoms with Crippen molar-refractivity contribution in [3.05, 3.63) is 29.8 Å². The number of nitrogens with zero attached hydrogens (tertiary/aromatic N) is 1. The van der Waals surface area contributed by atoms with E-state index in [9.17, 15) is 4.79 Å². The highest BCUT2D eigenvalue weighted by molar-refractivity contribution is 6.05. The fraction of sp³-hybridized carbons (Fsp3) is 0.500. The molecular formula is C14H17NO. The summed E-state index contributed by atoms with van der Waals surface area (Å²) in [6.07, 6.45) is 4.50. The predicted octanol–water partition coefficient (Wildman–Crippen LogP) is 2.77. The Hall–Kier alpha value is -1.31. The first kappa shape index (κ1) is 9.88. The molecule has 2 nitrogen and oxygen atoms in total. The number of amides is 1. The fourth-order valence-electron chi connectivity index (χ4n) is 2.73. The second-order valence-corrected chi connectivity index (χ2v) is 5.05. The summed E-state index contributed by atoms with van der Waals surface area (Å²) in [5, 5.41) is 0. The molecule has 3 rings (SSSR count). The third-order valence-electron chi connectivity index (χ3n) is 4.13. The molecule has 0 radical (unpaired) electrons. The van der Waals surface area contributed by atoms with Gasteiger partial charge in [-0.2, -0.15) is 0 Å². The molecule has 0 bridgehead atoms. The minimum absolute atomic E-state index is 0.0590. The van der Waals surface area contributed by atoms with Crippen LogP contribution in [0.2, 0.25) is 0 Å². The summed E-state index contributed by atoms with van der Waals surface area (Å²) in [6.45, 7) is 3.09. The van der Waals surface area contributed by atoms with Crippen LogP contribution in [0.15, 0.2) is 24.3 Å². The van der Waals surface area contributed by atoms with Gasteiger partial charge in [-0.25, -0.2) is 0 Å². The lowest BCUT2D eigenvalue weighted by molar-refractivity contribution is -0.141. The highest BCUT2D eigenvalue weighted by atomic mass is 16.2. The molecule has 2 heteroatoms. The van der Waals surface area contributed by atoms with E-state index in [-0.39, 0.29) is 5.41 Å². The number of rotatable bonds is 2. The van der Waals surface area contributed by atoms with Gasteiger partial charge in [-0.1, -0.05) is 25.5 Å². The molecule has 2 aliphatic rings. The Balaban J connectivity index is 1.76. The molecule has 1 aromatic carbocycles. The van der Waals surface area contributed by atoms with Crippen molar-refractivity contribution in [2.24, 2.45) is 5.41 Å². The highest BCUT2D eigenvalue weighted by Gasteiger charge is 2.55. The lowest BCUT2D eigenvalue weighted by atomic mass is 9.62. The molecule has 16 heavy (non-hydrogen) atoms. The van der Waals surface area contributed by atoms with Crippen LogP contribution in [-0.2, 0) is 11.2 Å². The van der Waals surface area contributed by atoms with Crippen molar-refractivity contribution in [1.29, 1.82) is 0 Å². The molecule has 0 unspecified atom stereocenters. The van der Waals surface area contributed by atoms with E-state index in [1.807, 2.05) is 4.90 Å². The van der Waals surface area contributed by atoms with Gasteiger partial charge in [0, 0.05) is 12.2 Å². The molecule has 1 aliphatic heterocycles. The lowest BCUT2D eigenvalue weighted by Crippen LogP contribution is -2.64. The Morgan fingerprint density at radius 1 is 1.25 bits per heavy atom. The maximum atomic E-state index is 12.0. The Morgan fingerprint density at radius 2 is 1.94 bits per heavy atom. The van der Waals surface area contributed by atoms with E-state index in [0.717, 1.165) is 31.5 Å². The summed E-state index contributed by atoms with van der Waals surface area (Å²) in [5.74, 6) is 0.350. The Morgan fingerprint density at radius 3 is 2.38 bits per heavy atom. The van der Waals surface area contributed by atoms with Gasteiger partial charge < -0.3 is 4.90 Å². The van der Waals surface area contributed by atoms with Gasteiger partial charge >= 0.3 is 0 Å². The number of hydrogen-bond donors (Lipinski definition) is 0. The van der Waals surface area contributed by atoms with Crippen molar-refractivity contribution in [2.45, 2.75) is 32.6 Å². The van der Waals surface area contributed by atoms with Crippen LogP contribution in [0.3, 0.4) is 0 Å². The van der Waals surface area contributed by atoms with Gasteiger partial charge in [0.1, 0.15) is 0 Å². The van der Waals surface area contributed by atoms with Crippen molar-refractivity contribution < 1.29 is 4.79 Å². The molecule has 1 aromatic rings. The second kappa shape index (κ2) is 3.34. The van der Waals surface area contributed by atoms with Gasteiger partial charge in [-0.15, -0.1) is 0 Å². The summed E-state index contributed by atoms with van der Waals surface area (Å²) in [6, 6.07) is 8.38. The van der Waals surface area contributed by atoms with Crippen LogP contribution in [0, 0.1) is 5.41 Å². The molecular weight excluding hydrogens is 198 g/mol. The van der Waals surface area contributed by atoms with Crippen LogP contribution in [0.1, 0.15) is 31.7 Å². The van der Waals surface area contributed by atoms with Crippen molar-refractivity contribution >= 4 is 11.6 Å². The molecule has 1 aliphatic carbocycles. The average Bonchev–Trinajstić information content (AvgIpc) is 2.26. The normalized spacial score (nSPS) is 21.8. The van der Waals surface area contributed by atoms with Gasteiger partial charge in [0.05, 0.1) is 5.41 Å². The molecule has 1 heterocycles. The molecule has 1 saturated carbocycles. The first-order chi connectivity index (χ1) is 7.75. The summed E-state index contributed by atoms with van der Waals surface area (Å²) < 4.78 is 0. The van der Waals surface area contributed by atoms with E-state index in [2.05, 4.69) is 31.2 Å². The van der Waals surface area contributed by atoms with Gasteiger partial charge in [0.25, 0.3) is 0 Å². The fourth-order valence-corrected chi connectivity index (χ4v) is 2.73. The zero-order valence-corrected chi connectivity index (χ0v) is 9.70. The van der Waals surface area contributed by atoms with Crippen LogP contribution in [0.5, 0.6) is 0 Å². The number of benzene rings is 1. The summed E-state index contributed by atoms with van der Waals surface area (Å²) in [5.41, 5.74) is 2.46. The van der Waals surface area contributed by atoms with Gasteiger partial charge in [0.2, 0.25) is 5.91 Å². The maximum Gasteiger partial charge on any atom is 0.235 e. The van der Waals surface area contributed by atoms with Gasteiger partial charge in [-0.3, -0.25) is 4.79 Å². The first-order valence-corrected chi connectivity index (χ1v) is 6.16. The number of β-lactam (4-membered cyclic amide) rings is 1. The second-order valence-electron chi connectivity index (χ2n) is 5.05. The third-order valence-corrected chi connectivity index (χ3v) is 4.13. The van der Waals surface area contributed by atoms with Crippen LogP contribution in [0.4, 0.5) is 5.69 Å². The molecule has 0 N–H and O–H groups in total. The molecule has 1 saturated heterocycles. The van der Waals surface area contributed by atoms with Crippen LogP contribution in [-0.4, -0.2) is 12.5 Å². The van der Waals surface area contributed by atoms with Gasteiger partial charge in [-0.05, 0) is 37.0 Å². The Kier molecular flexibility index (Phi) is 2.06. The number of carbonyl (C=O) groups is 1. The minimum Gasteiger partial charge on any atom is -0.311 e. The summed E-state index contributed by atoms with van der Waals surface area (Å²) in [7, 11) is 0. The number of aryl methyl sites for hydroxylation is 1. The average molecular weight is 215 g/mol. The Bertz CT molecular complexity index is 417. The molecule has 0 atom stereocenters. The van der Waals surface area contributed by atoms with E-state index in [1.165, 1.54) is 12.0 Å². The van der Waals surface area contributed by atoms with E-state index >= 15 is 0 Å². The summed E-state index contributed by atoms with van der Waals surface area (Å²) >= 11 is 0. The van der Waals surface area contributed by atoms with E-state index < -0.39 is 0 Å². The van der Waals surface area contributed by atoms with Crippen LogP contribution >= 0.6 is 0 Å². The van der Waals surface area contributed by atoms with Crippen molar-refractivity contribution in [3.8, 4) is 0 Å². The van der Waals surface area contributed by atoms with E-state index in [4.69, 9.17) is 0 Å². The monoisotopic (exact) mass is 215 g/mol. The molecule has 2 fully saturated rings. The van der Waals surface area contributed by atoms with Crippen molar-refractivity contribution in [2.75, 3.05) is 11.4 Å². The van der Waals surface area contributed by atoms with Crippen molar-refractivity contribution in [3.63, 3.8) is 0 Å². The maximum absolute atomic E-state index is 12.0. The molecule has 84 valence electrons.